The molecule has 0 fully saturated rings. The number of pyridine rings is 1. The van der Waals surface area contributed by atoms with Crippen LogP contribution in [-0.2, 0) is 5.33 Å². The first kappa shape index (κ1) is 13.1. The Hall–Kier alpha value is -1.35. The molecule has 2 rings (SSSR count). The van der Waals surface area contributed by atoms with Crippen molar-refractivity contribution in [2.75, 3.05) is 11.9 Å². The number of halogens is 1. The van der Waals surface area contributed by atoms with Gasteiger partial charge in [0.15, 0.2) is 0 Å². The van der Waals surface area contributed by atoms with Crippen LogP contribution >= 0.6 is 15.9 Å². The Morgan fingerprint density at radius 2 is 2.00 bits per heavy atom. The molecule has 0 saturated heterocycles. The molecule has 2 nitrogen and oxygen atoms in total. The summed E-state index contributed by atoms with van der Waals surface area (Å²) >= 11 is 3.45. The predicted molar refractivity (Wildman–Crippen MR) is 80.8 cm³/mol. The lowest BCUT2D eigenvalue weighted by Crippen LogP contribution is -2.13. The molecule has 94 valence electrons. The summed E-state index contributed by atoms with van der Waals surface area (Å²) in [6.45, 7) is 4.20. The number of aryl methyl sites for hydroxylation is 2. The SMILES string of the molecule is Cc1cccc(N(C)c2ncc(CBr)cc2C)c1. The third kappa shape index (κ3) is 2.72. The van der Waals surface area contributed by atoms with E-state index in [9.17, 15) is 0 Å². The van der Waals surface area contributed by atoms with Gasteiger partial charge in [-0.2, -0.15) is 0 Å². The second kappa shape index (κ2) is 5.53. The summed E-state index contributed by atoms with van der Waals surface area (Å²) in [5, 5.41) is 0.843. The molecule has 0 amide bonds. The smallest absolute Gasteiger partial charge is 0.135 e. The van der Waals surface area contributed by atoms with Crippen molar-refractivity contribution in [2.45, 2.75) is 19.2 Å². The van der Waals surface area contributed by atoms with E-state index < -0.39 is 0 Å². The molecule has 0 aliphatic heterocycles. The van der Waals surface area contributed by atoms with Crippen molar-refractivity contribution < 1.29 is 0 Å². The Kier molecular flexibility index (Phi) is 4.02. The maximum Gasteiger partial charge on any atom is 0.135 e. The molecule has 3 heteroatoms. The van der Waals surface area contributed by atoms with Gasteiger partial charge in [-0.15, -0.1) is 0 Å². The molecule has 0 bridgehead atoms. The highest BCUT2D eigenvalue weighted by atomic mass is 79.9. The van der Waals surface area contributed by atoms with Crippen LogP contribution in [0.15, 0.2) is 36.5 Å². The quantitative estimate of drug-likeness (QED) is 0.783. The van der Waals surface area contributed by atoms with E-state index in [1.807, 2.05) is 6.20 Å². The molecule has 18 heavy (non-hydrogen) atoms. The lowest BCUT2D eigenvalue weighted by atomic mass is 10.2. The highest BCUT2D eigenvalue weighted by molar-refractivity contribution is 9.08. The fourth-order valence-electron chi connectivity index (χ4n) is 2.01. The van der Waals surface area contributed by atoms with E-state index in [0.29, 0.717) is 0 Å². The normalized spacial score (nSPS) is 10.4. The van der Waals surface area contributed by atoms with Gasteiger partial charge in [-0.1, -0.05) is 34.1 Å². The Morgan fingerprint density at radius 3 is 2.61 bits per heavy atom. The number of hydrogen-bond acceptors (Lipinski definition) is 2. The third-order valence-corrected chi connectivity index (χ3v) is 3.62. The van der Waals surface area contributed by atoms with Gasteiger partial charge >= 0.3 is 0 Å². The number of alkyl halides is 1. The Bertz CT molecular complexity index is 552. The van der Waals surface area contributed by atoms with Gasteiger partial charge in [-0.25, -0.2) is 4.98 Å². The first-order valence-corrected chi connectivity index (χ1v) is 7.06. The minimum absolute atomic E-state index is 0.843. The minimum atomic E-state index is 0.843. The van der Waals surface area contributed by atoms with Gasteiger partial charge in [0.05, 0.1) is 0 Å². The van der Waals surface area contributed by atoms with Crippen LogP contribution in [0.2, 0.25) is 0 Å². The summed E-state index contributed by atoms with van der Waals surface area (Å²) in [6.07, 6.45) is 1.92. The molecule has 1 heterocycles. The molecule has 2 aromatic rings. The first-order chi connectivity index (χ1) is 8.61. The van der Waals surface area contributed by atoms with Crippen LogP contribution in [0, 0.1) is 13.8 Å². The second-order valence-corrected chi connectivity index (χ2v) is 5.08. The molecular weight excluding hydrogens is 288 g/mol. The van der Waals surface area contributed by atoms with Crippen LogP contribution in [0.3, 0.4) is 0 Å². The first-order valence-electron chi connectivity index (χ1n) is 5.93. The Morgan fingerprint density at radius 1 is 1.22 bits per heavy atom. The van der Waals surface area contributed by atoms with Crippen molar-refractivity contribution in [3.05, 3.63) is 53.2 Å². The van der Waals surface area contributed by atoms with Crippen LogP contribution in [0.4, 0.5) is 11.5 Å². The van der Waals surface area contributed by atoms with Crippen LogP contribution in [0.5, 0.6) is 0 Å². The largest absolute Gasteiger partial charge is 0.329 e. The van der Waals surface area contributed by atoms with Gasteiger partial charge in [0.2, 0.25) is 0 Å². The zero-order valence-corrected chi connectivity index (χ0v) is 12.5. The van der Waals surface area contributed by atoms with Crippen molar-refractivity contribution >= 4 is 27.4 Å². The van der Waals surface area contributed by atoms with Crippen molar-refractivity contribution in [2.24, 2.45) is 0 Å². The molecule has 0 atom stereocenters. The maximum atomic E-state index is 4.55. The Labute approximate surface area is 117 Å². The highest BCUT2D eigenvalue weighted by Gasteiger charge is 2.09. The summed E-state index contributed by atoms with van der Waals surface area (Å²) < 4.78 is 0. The number of benzene rings is 1. The molecule has 0 N–H and O–H groups in total. The minimum Gasteiger partial charge on any atom is -0.329 e. The fraction of sp³-hybridized carbons (Fsp3) is 0.267. The fourth-order valence-corrected chi connectivity index (χ4v) is 2.32. The number of rotatable bonds is 3. The van der Waals surface area contributed by atoms with Gasteiger partial charge < -0.3 is 4.90 Å². The summed E-state index contributed by atoms with van der Waals surface area (Å²) in [5.41, 5.74) is 4.82. The average Bonchev–Trinajstić information content (AvgIpc) is 2.37. The predicted octanol–water partition coefficient (Wildman–Crippen LogP) is 4.36. The van der Waals surface area contributed by atoms with Gasteiger partial charge in [-0.3, -0.25) is 0 Å². The van der Waals surface area contributed by atoms with E-state index in [4.69, 9.17) is 0 Å². The monoisotopic (exact) mass is 304 g/mol. The van der Waals surface area contributed by atoms with E-state index in [1.165, 1.54) is 16.7 Å². The van der Waals surface area contributed by atoms with Crippen LogP contribution in [0.1, 0.15) is 16.7 Å². The van der Waals surface area contributed by atoms with Crippen molar-refractivity contribution in [1.82, 2.24) is 4.98 Å². The van der Waals surface area contributed by atoms with E-state index in [0.717, 1.165) is 16.8 Å². The lowest BCUT2D eigenvalue weighted by Gasteiger charge is -2.21. The molecule has 0 spiro atoms. The molecule has 0 radical (unpaired) electrons. The zero-order chi connectivity index (χ0) is 13.1. The maximum absolute atomic E-state index is 4.55. The van der Waals surface area contributed by atoms with E-state index in [2.05, 4.69) is 77.0 Å². The van der Waals surface area contributed by atoms with Gasteiger partial charge in [0.1, 0.15) is 5.82 Å². The molecule has 0 aliphatic rings. The molecule has 0 unspecified atom stereocenters. The summed E-state index contributed by atoms with van der Waals surface area (Å²) in [7, 11) is 2.05. The van der Waals surface area contributed by atoms with E-state index in [-0.39, 0.29) is 0 Å². The van der Waals surface area contributed by atoms with Gasteiger partial charge in [0.25, 0.3) is 0 Å². The second-order valence-electron chi connectivity index (χ2n) is 4.52. The third-order valence-electron chi connectivity index (χ3n) is 2.97. The summed E-state index contributed by atoms with van der Waals surface area (Å²) in [4.78, 5) is 6.68. The molecular formula is C15H17BrN2. The summed E-state index contributed by atoms with van der Waals surface area (Å²) in [6, 6.07) is 10.6. The standard InChI is InChI=1S/C15H17BrN2/c1-11-5-4-6-14(7-11)18(3)15-12(2)8-13(9-16)10-17-15/h4-8,10H,9H2,1-3H3. The topological polar surface area (TPSA) is 16.1 Å². The van der Waals surface area contributed by atoms with Crippen LogP contribution in [0.25, 0.3) is 0 Å². The van der Waals surface area contributed by atoms with E-state index >= 15 is 0 Å². The van der Waals surface area contributed by atoms with Gasteiger partial charge in [0, 0.05) is 24.3 Å². The highest BCUT2D eigenvalue weighted by Crippen LogP contribution is 2.26. The number of aromatic nitrogens is 1. The molecule has 1 aromatic heterocycles. The number of hydrogen-bond donors (Lipinski definition) is 0. The van der Waals surface area contributed by atoms with Crippen molar-refractivity contribution in [3.63, 3.8) is 0 Å². The number of anilines is 2. The lowest BCUT2D eigenvalue weighted by molar-refractivity contribution is 1.09. The number of nitrogens with zero attached hydrogens (tertiary/aromatic N) is 2. The Balaban J connectivity index is 2.37. The van der Waals surface area contributed by atoms with Gasteiger partial charge in [-0.05, 0) is 42.7 Å². The summed E-state index contributed by atoms with van der Waals surface area (Å²) in [5.74, 6) is 1.00. The zero-order valence-electron chi connectivity index (χ0n) is 10.9. The molecule has 0 aliphatic carbocycles. The van der Waals surface area contributed by atoms with Crippen LogP contribution < -0.4 is 4.90 Å². The molecule has 1 aromatic carbocycles. The van der Waals surface area contributed by atoms with Crippen molar-refractivity contribution in [3.8, 4) is 0 Å². The molecule has 0 saturated carbocycles. The van der Waals surface area contributed by atoms with Crippen molar-refractivity contribution in [1.29, 1.82) is 0 Å². The van der Waals surface area contributed by atoms with E-state index in [1.54, 1.807) is 0 Å². The average molecular weight is 305 g/mol. The van der Waals surface area contributed by atoms with Crippen LogP contribution in [-0.4, -0.2) is 12.0 Å².